The second-order valence-electron chi connectivity index (χ2n) is 5.86. The number of aromatic nitrogens is 3. The van der Waals surface area contributed by atoms with Crippen LogP contribution in [-0.4, -0.2) is 39.3 Å². The largest absolute Gasteiger partial charge is 0.360 e. The Morgan fingerprint density at radius 2 is 2.23 bits per heavy atom. The molecule has 0 bridgehead atoms. The number of amides is 1. The molecule has 0 aliphatic heterocycles. The topological polar surface area (TPSA) is 76.2 Å². The molecule has 1 amide bonds. The van der Waals surface area contributed by atoms with Crippen LogP contribution in [0.3, 0.4) is 0 Å². The number of carbonyl (C=O) groups is 1. The minimum atomic E-state index is -0.0813. The van der Waals surface area contributed by atoms with Crippen LogP contribution in [0.15, 0.2) is 16.8 Å². The highest BCUT2D eigenvalue weighted by Crippen LogP contribution is 2.15. The van der Waals surface area contributed by atoms with Crippen molar-refractivity contribution >= 4 is 11.6 Å². The Bertz CT molecular complexity index is 644. The van der Waals surface area contributed by atoms with Crippen molar-refractivity contribution in [3.63, 3.8) is 0 Å². The number of anilines is 1. The minimum Gasteiger partial charge on any atom is -0.360 e. The summed E-state index contributed by atoms with van der Waals surface area (Å²) < 4.78 is 7.01. The number of carbonyl (C=O) groups excluding carboxylic acids is 1. The van der Waals surface area contributed by atoms with Gasteiger partial charge >= 0.3 is 0 Å². The first-order valence-electron chi connectivity index (χ1n) is 7.29. The molecule has 0 saturated heterocycles. The van der Waals surface area contributed by atoms with E-state index in [4.69, 9.17) is 4.52 Å². The van der Waals surface area contributed by atoms with Gasteiger partial charge in [0.2, 0.25) is 5.91 Å². The fourth-order valence-electron chi connectivity index (χ4n) is 2.05. The molecule has 0 unspecified atom stereocenters. The molecule has 1 N–H and O–H groups in total. The predicted octanol–water partition coefficient (Wildman–Crippen LogP) is 1.91. The summed E-state index contributed by atoms with van der Waals surface area (Å²) in [7, 11) is 3.71. The van der Waals surface area contributed by atoms with E-state index in [0.29, 0.717) is 12.5 Å². The summed E-state index contributed by atoms with van der Waals surface area (Å²) in [4.78, 5) is 13.9. The zero-order chi connectivity index (χ0) is 16.3. The smallest absolute Gasteiger partial charge is 0.238 e. The normalized spacial score (nSPS) is 11.4. The number of hydrogen-bond acceptors (Lipinski definition) is 5. The summed E-state index contributed by atoms with van der Waals surface area (Å²) in [6.45, 7) is 6.85. The summed E-state index contributed by atoms with van der Waals surface area (Å²) in [6.07, 6.45) is 1.65. The van der Waals surface area contributed by atoms with Gasteiger partial charge in [-0.2, -0.15) is 5.10 Å². The summed E-state index contributed by atoms with van der Waals surface area (Å²) in [5.41, 5.74) is 2.59. The molecule has 0 fully saturated rings. The van der Waals surface area contributed by atoms with Gasteiger partial charge < -0.3 is 9.84 Å². The lowest BCUT2D eigenvalue weighted by Gasteiger charge is -2.14. The van der Waals surface area contributed by atoms with E-state index < -0.39 is 0 Å². The first kappa shape index (κ1) is 16.2. The van der Waals surface area contributed by atoms with Gasteiger partial charge in [-0.05, 0) is 19.9 Å². The standard InChI is InChI=1S/C15H23N5O2/c1-10(2)13-6-12(22-18-13)8-19(4)9-15(21)17-14-7-16-20(5)11(14)3/h6-7,10H,8-9H2,1-5H3,(H,17,21). The third kappa shape index (κ3) is 3.94. The van der Waals surface area contributed by atoms with Gasteiger partial charge in [-0.25, -0.2) is 0 Å². The SMILES string of the molecule is Cc1c(NC(=O)CN(C)Cc2cc(C(C)C)no2)cnn1C. The second kappa shape index (κ2) is 6.74. The van der Waals surface area contributed by atoms with Crippen molar-refractivity contribution in [3.8, 4) is 0 Å². The molecule has 22 heavy (non-hydrogen) atoms. The van der Waals surface area contributed by atoms with Crippen molar-refractivity contribution < 1.29 is 9.32 Å². The molecule has 2 aromatic rings. The Morgan fingerprint density at radius 1 is 1.50 bits per heavy atom. The average molecular weight is 305 g/mol. The summed E-state index contributed by atoms with van der Waals surface area (Å²) in [6, 6.07) is 1.93. The number of aryl methyl sites for hydroxylation is 1. The lowest BCUT2D eigenvalue weighted by Crippen LogP contribution is -2.29. The number of hydrogen-bond donors (Lipinski definition) is 1. The number of rotatable bonds is 6. The molecule has 0 aliphatic carbocycles. The van der Waals surface area contributed by atoms with Gasteiger partial charge in [-0.1, -0.05) is 19.0 Å². The first-order chi connectivity index (χ1) is 10.4. The van der Waals surface area contributed by atoms with Gasteiger partial charge in [-0.15, -0.1) is 0 Å². The van der Waals surface area contributed by atoms with Crippen LogP contribution in [0.5, 0.6) is 0 Å². The fourth-order valence-corrected chi connectivity index (χ4v) is 2.05. The highest BCUT2D eigenvalue weighted by Gasteiger charge is 2.13. The molecule has 2 heterocycles. The van der Waals surface area contributed by atoms with E-state index in [0.717, 1.165) is 22.8 Å². The highest BCUT2D eigenvalue weighted by atomic mass is 16.5. The maximum Gasteiger partial charge on any atom is 0.238 e. The molecule has 0 radical (unpaired) electrons. The van der Waals surface area contributed by atoms with Crippen molar-refractivity contribution in [1.29, 1.82) is 0 Å². The van der Waals surface area contributed by atoms with Gasteiger partial charge in [0.05, 0.1) is 36.4 Å². The second-order valence-corrected chi connectivity index (χ2v) is 5.86. The molecule has 0 atom stereocenters. The average Bonchev–Trinajstić information content (AvgIpc) is 3.01. The number of nitrogens with zero attached hydrogens (tertiary/aromatic N) is 4. The van der Waals surface area contributed by atoms with Gasteiger partial charge in [-0.3, -0.25) is 14.4 Å². The Balaban J connectivity index is 1.86. The summed E-state index contributed by atoms with van der Waals surface area (Å²) >= 11 is 0. The Hall–Kier alpha value is -2.15. The van der Waals surface area contributed by atoms with Crippen LogP contribution in [0.25, 0.3) is 0 Å². The molecule has 120 valence electrons. The molecule has 2 aromatic heterocycles. The van der Waals surface area contributed by atoms with E-state index in [-0.39, 0.29) is 12.5 Å². The summed E-state index contributed by atoms with van der Waals surface area (Å²) in [5.74, 6) is 1.01. The number of likely N-dealkylation sites (N-methyl/N-ethyl adjacent to an activating group) is 1. The lowest BCUT2D eigenvalue weighted by atomic mass is 10.1. The molecule has 0 saturated carbocycles. The van der Waals surface area contributed by atoms with Gasteiger partial charge in [0.1, 0.15) is 0 Å². The Labute approximate surface area is 130 Å². The van der Waals surface area contributed by atoms with Crippen molar-refractivity contribution in [2.24, 2.45) is 7.05 Å². The van der Waals surface area contributed by atoms with Crippen molar-refractivity contribution in [2.45, 2.75) is 33.2 Å². The van der Waals surface area contributed by atoms with Crippen LogP contribution in [0.1, 0.15) is 36.9 Å². The molecular formula is C15H23N5O2. The quantitative estimate of drug-likeness (QED) is 0.882. The van der Waals surface area contributed by atoms with Crippen LogP contribution in [0.4, 0.5) is 5.69 Å². The van der Waals surface area contributed by atoms with Crippen LogP contribution < -0.4 is 5.32 Å². The molecule has 0 spiro atoms. The zero-order valence-corrected chi connectivity index (χ0v) is 13.8. The Morgan fingerprint density at radius 3 is 2.77 bits per heavy atom. The molecule has 7 nitrogen and oxygen atoms in total. The minimum absolute atomic E-state index is 0.0813. The maximum atomic E-state index is 12.1. The molecule has 2 rings (SSSR count). The van der Waals surface area contributed by atoms with Crippen molar-refractivity contribution in [2.75, 3.05) is 18.9 Å². The Kier molecular flexibility index (Phi) is 4.97. The third-order valence-electron chi connectivity index (χ3n) is 3.52. The van der Waals surface area contributed by atoms with Crippen LogP contribution in [0.2, 0.25) is 0 Å². The van der Waals surface area contributed by atoms with Crippen molar-refractivity contribution in [3.05, 3.63) is 29.4 Å². The van der Waals surface area contributed by atoms with Crippen molar-refractivity contribution in [1.82, 2.24) is 19.8 Å². The fraction of sp³-hybridized carbons (Fsp3) is 0.533. The first-order valence-corrected chi connectivity index (χ1v) is 7.29. The molecule has 0 aromatic carbocycles. The zero-order valence-electron chi connectivity index (χ0n) is 13.8. The van der Waals surface area contributed by atoms with Crippen LogP contribution in [0, 0.1) is 6.92 Å². The maximum absolute atomic E-state index is 12.1. The molecule has 0 aliphatic rings. The van der Waals surface area contributed by atoms with Crippen LogP contribution >= 0.6 is 0 Å². The van der Waals surface area contributed by atoms with E-state index in [1.807, 2.05) is 32.0 Å². The van der Waals surface area contributed by atoms with E-state index >= 15 is 0 Å². The highest BCUT2D eigenvalue weighted by molar-refractivity contribution is 5.92. The van der Waals surface area contributed by atoms with Gasteiger partial charge in [0, 0.05) is 13.1 Å². The van der Waals surface area contributed by atoms with E-state index in [9.17, 15) is 4.79 Å². The van der Waals surface area contributed by atoms with E-state index in [1.165, 1.54) is 0 Å². The predicted molar refractivity (Wildman–Crippen MR) is 83.5 cm³/mol. The summed E-state index contributed by atoms with van der Waals surface area (Å²) in [5, 5.41) is 11.0. The molecule has 7 heteroatoms. The van der Waals surface area contributed by atoms with Gasteiger partial charge in [0.15, 0.2) is 5.76 Å². The monoisotopic (exact) mass is 305 g/mol. The van der Waals surface area contributed by atoms with E-state index in [1.54, 1.807) is 10.9 Å². The number of nitrogens with one attached hydrogen (secondary N) is 1. The van der Waals surface area contributed by atoms with Gasteiger partial charge in [0.25, 0.3) is 0 Å². The lowest BCUT2D eigenvalue weighted by molar-refractivity contribution is -0.117. The van der Waals surface area contributed by atoms with Crippen LogP contribution in [-0.2, 0) is 18.4 Å². The van der Waals surface area contributed by atoms with E-state index in [2.05, 4.69) is 29.4 Å². The molecular weight excluding hydrogens is 282 g/mol. The third-order valence-corrected chi connectivity index (χ3v) is 3.52.